The first-order chi connectivity index (χ1) is 8.33. The Kier molecular flexibility index (Phi) is 7.17. The molecular weight excluding hydrogens is 218 g/mol. The number of hydrogen-bond acceptors (Lipinski definition) is 6. The van der Waals surface area contributed by atoms with E-state index >= 15 is 0 Å². The maximum atomic E-state index is 5.39. The molecule has 1 fully saturated rings. The molecule has 1 aliphatic heterocycles. The minimum absolute atomic E-state index is 0.211. The number of rotatable bonds is 4. The Balaban J connectivity index is 0.000000181. The first-order valence-corrected chi connectivity index (χ1v) is 6.02. The molecule has 2 heterocycles. The molecule has 6 nitrogen and oxygen atoms in total. The summed E-state index contributed by atoms with van der Waals surface area (Å²) in [4.78, 5) is 5.95. The van der Waals surface area contributed by atoms with Crippen molar-refractivity contribution in [1.29, 1.82) is 0 Å². The highest BCUT2D eigenvalue weighted by Crippen LogP contribution is 2.06. The van der Waals surface area contributed by atoms with Gasteiger partial charge in [0.25, 0.3) is 0 Å². The lowest BCUT2D eigenvalue weighted by atomic mass is 10.4. The van der Waals surface area contributed by atoms with Crippen molar-refractivity contribution in [3.63, 3.8) is 0 Å². The van der Waals surface area contributed by atoms with Gasteiger partial charge in [-0.3, -0.25) is 4.90 Å². The zero-order valence-electron chi connectivity index (χ0n) is 10.4. The SMILES string of the molecule is CCCOCN1CCCC1.Nc1nccnn1. The van der Waals surface area contributed by atoms with Gasteiger partial charge >= 0.3 is 0 Å². The Morgan fingerprint density at radius 1 is 1.35 bits per heavy atom. The smallest absolute Gasteiger partial charge is 0.240 e. The number of aromatic nitrogens is 3. The largest absolute Gasteiger partial charge is 0.366 e. The summed E-state index contributed by atoms with van der Waals surface area (Å²) in [6, 6.07) is 0. The molecular formula is C11H21N5O. The Morgan fingerprint density at radius 3 is 2.59 bits per heavy atom. The van der Waals surface area contributed by atoms with Gasteiger partial charge in [-0.25, -0.2) is 4.98 Å². The van der Waals surface area contributed by atoms with E-state index in [0.29, 0.717) is 0 Å². The molecule has 0 saturated carbocycles. The lowest BCUT2D eigenvalue weighted by Crippen LogP contribution is -2.22. The molecule has 0 bridgehead atoms. The molecule has 0 atom stereocenters. The average Bonchev–Trinajstić information content (AvgIpc) is 2.84. The van der Waals surface area contributed by atoms with E-state index in [4.69, 9.17) is 10.5 Å². The van der Waals surface area contributed by atoms with Crippen molar-refractivity contribution in [2.45, 2.75) is 26.2 Å². The molecule has 2 N–H and O–H groups in total. The molecule has 0 amide bonds. The van der Waals surface area contributed by atoms with Gasteiger partial charge in [0.15, 0.2) is 0 Å². The van der Waals surface area contributed by atoms with Gasteiger partial charge in [0, 0.05) is 19.7 Å². The zero-order valence-corrected chi connectivity index (χ0v) is 10.4. The Labute approximate surface area is 102 Å². The van der Waals surface area contributed by atoms with Crippen molar-refractivity contribution in [2.24, 2.45) is 0 Å². The standard InChI is InChI=1S/C8H17NO.C3H4N4/c1-2-7-10-8-9-5-3-4-6-9;4-3-5-1-2-6-7-3/h2-8H2,1H3;1-2H,(H2,4,5,7). The fourth-order valence-electron chi connectivity index (χ4n) is 1.51. The van der Waals surface area contributed by atoms with E-state index < -0.39 is 0 Å². The Hall–Kier alpha value is -1.27. The summed E-state index contributed by atoms with van der Waals surface area (Å²) in [5.74, 6) is 0.211. The van der Waals surface area contributed by atoms with Crippen molar-refractivity contribution < 1.29 is 4.74 Å². The molecule has 2 rings (SSSR count). The van der Waals surface area contributed by atoms with Crippen LogP contribution >= 0.6 is 0 Å². The summed E-state index contributed by atoms with van der Waals surface area (Å²) in [5.41, 5.74) is 5.07. The summed E-state index contributed by atoms with van der Waals surface area (Å²) in [7, 11) is 0. The minimum atomic E-state index is 0.211. The van der Waals surface area contributed by atoms with E-state index in [9.17, 15) is 0 Å². The molecule has 17 heavy (non-hydrogen) atoms. The highest BCUT2D eigenvalue weighted by Gasteiger charge is 2.09. The predicted molar refractivity (Wildman–Crippen MR) is 66.2 cm³/mol. The van der Waals surface area contributed by atoms with E-state index in [1.807, 2.05) is 0 Å². The molecule has 1 saturated heterocycles. The second-order valence-electron chi connectivity index (χ2n) is 3.86. The average molecular weight is 239 g/mol. The summed E-state index contributed by atoms with van der Waals surface area (Å²) in [6.45, 7) is 6.39. The number of nitrogens with zero attached hydrogens (tertiary/aromatic N) is 4. The van der Waals surface area contributed by atoms with Crippen molar-refractivity contribution in [3.8, 4) is 0 Å². The van der Waals surface area contributed by atoms with Gasteiger partial charge in [-0.1, -0.05) is 6.92 Å². The molecule has 0 aromatic carbocycles. The number of anilines is 1. The Bertz CT molecular complexity index is 276. The fraction of sp³-hybridized carbons (Fsp3) is 0.727. The zero-order chi connectivity index (χ0) is 12.3. The van der Waals surface area contributed by atoms with E-state index in [0.717, 1.165) is 19.8 Å². The molecule has 0 spiro atoms. The molecule has 0 unspecified atom stereocenters. The van der Waals surface area contributed by atoms with Crippen molar-refractivity contribution >= 4 is 5.95 Å². The summed E-state index contributed by atoms with van der Waals surface area (Å²) >= 11 is 0. The molecule has 0 aliphatic carbocycles. The number of nitrogen functional groups attached to an aromatic ring is 1. The van der Waals surface area contributed by atoms with Crippen LogP contribution in [-0.2, 0) is 4.74 Å². The van der Waals surface area contributed by atoms with Crippen LogP contribution in [0.4, 0.5) is 5.95 Å². The summed E-state index contributed by atoms with van der Waals surface area (Å²) < 4.78 is 5.39. The third kappa shape index (κ3) is 6.80. The molecule has 96 valence electrons. The van der Waals surface area contributed by atoms with Gasteiger partial charge in [0.2, 0.25) is 5.95 Å². The van der Waals surface area contributed by atoms with Crippen LogP contribution < -0.4 is 5.73 Å². The third-order valence-electron chi connectivity index (χ3n) is 2.32. The highest BCUT2D eigenvalue weighted by atomic mass is 16.5. The summed E-state index contributed by atoms with van der Waals surface area (Å²) in [6.07, 6.45) is 6.80. The second-order valence-corrected chi connectivity index (χ2v) is 3.86. The van der Waals surface area contributed by atoms with Crippen molar-refractivity contribution in [3.05, 3.63) is 12.4 Å². The van der Waals surface area contributed by atoms with Crippen LogP contribution in [0.15, 0.2) is 12.4 Å². The number of hydrogen-bond donors (Lipinski definition) is 1. The number of ether oxygens (including phenoxy) is 1. The maximum Gasteiger partial charge on any atom is 0.240 e. The van der Waals surface area contributed by atoms with Crippen LogP contribution in [0.2, 0.25) is 0 Å². The lowest BCUT2D eigenvalue weighted by molar-refractivity contribution is 0.0422. The van der Waals surface area contributed by atoms with Crippen LogP contribution in [-0.4, -0.2) is 46.5 Å². The third-order valence-corrected chi connectivity index (χ3v) is 2.32. The minimum Gasteiger partial charge on any atom is -0.366 e. The normalized spacial score (nSPS) is 15.4. The summed E-state index contributed by atoms with van der Waals surface area (Å²) in [5, 5.41) is 6.84. The van der Waals surface area contributed by atoms with Gasteiger partial charge < -0.3 is 10.5 Å². The fourth-order valence-corrected chi connectivity index (χ4v) is 1.51. The topological polar surface area (TPSA) is 77.2 Å². The van der Waals surface area contributed by atoms with E-state index in [2.05, 4.69) is 27.0 Å². The van der Waals surface area contributed by atoms with Crippen molar-refractivity contribution in [1.82, 2.24) is 20.1 Å². The lowest BCUT2D eigenvalue weighted by Gasteiger charge is -2.13. The van der Waals surface area contributed by atoms with Crippen LogP contribution in [0.3, 0.4) is 0 Å². The maximum absolute atomic E-state index is 5.39. The molecule has 1 aromatic heterocycles. The van der Waals surface area contributed by atoms with E-state index in [1.165, 1.54) is 38.3 Å². The van der Waals surface area contributed by atoms with Gasteiger partial charge in [0.1, 0.15) is 0 Å². The van der Waals surface area contributed by atoms with E-state index in [-0.39, 0.29) is 5.95 Å². The highest BCUT2D eigenvalue weighted by molar-refractivity contribution is 5.07. The number of likely N-dealkylation sites (tertiary alicyclic amines) is 1. The van der Waals surface area contributed by atoms with Crippen LogP contribution in [0.1, 0.15) is 26.2 Å². The van der Waals surface area contributed by atoms with Gasteiger partial charge in [-0.2, -0.15) is 5.10 Å². The second kappa shape index (κ2) is 8.83. The van der Waals surface area contributed by atoms with Crippen molar-refractivity contribution in [2.75, 3.05) is 32.2 Å². The van der Waals surface area contributed by atoms with Gasteiger partial charge in [-0.15, -0.1) is 5.10 Å². The monoisotopic (exact) mass is 239 g/mol. The van der Waals surface area contributed by atoms with Crippen LogP contribution in [0, 0.1) is 0 Å². The van der Waals surface area contributed by atoms with E-state index in [1.54, 1.807) is 0 Å². The molecule has 6 heteroatoms. The Morgan fingerprint density at radius 2 is 2.12 bits per heavy atom. The molecule has 1 aromatic rings. The number of nitrogens with two attached hydrogens (primary N) is 1. The molecule has 1 aliphatic rings. The van der Waals surface area contributed by atoms with Crippen LogP contribution in [0.5, 0.6) is 0 Å². The molecule has 0 radical (unpaired) electrons. The first-order valence-electron chi connectivity index (χ1n) is 6.02. The quantitative estimate of drug-likeness (QED) is 0.787. The first kappa shape index (κ1) is 13.8. The predicted octanol–water partition coefficient (Wildman–Crippen LogP) is 0.920. The van der Waals surface area contributed by atoms with Crippen LogP contribution in [0.25, 0.3) is 0 Å². The van der Waals surface area contributed by atoms with Gasteiger partial charge in [0.05, 0.1) is 19.1 Å². The van der Waals surface area contributed by atoms with Gasteiger partial charge in [-0.05, 0) is 19.3 Å².